The predicted molar refractivity (Wildman–Crippen MR) is 123 cm³/mol. The van der Waals surface area contributed by atoms with Crippen molar-refractivity contribution in [3.05, 3.63) is 98.5 Å². The lowest BCUT2D eigenvalue weighted by Gasteiger charge is -2.13. The number of aliphatic imine (C=N–C) groups is 1. The average molecular weight is 529 g/mol. The van der Waals surface area contributed by atoms with Gasteiger partial charge in [-0.25, -0.2) is 14.2 Å². The quantitative estimate of drug-likeness (QED) is 0.245. The van der Waals surface area contributed by atoms with E-state index in [1.165, 1.54) is 19.2 Å². The number of benzene rings is 3. The van der Waals surface area contributed by atoms with Crippen LogP contribution < -0.4 is 9.47 Å². The summed E-state index contributed by atoms with van der Waals surface area (Å²) < 4.78 is 30.9. The van der Waals surface area contributed by atoms with E-state index in [2.05, 4.69) is 27.6 Å². The first kappa shape index (κ1) is 21.0. The van der Waals surface area contributed by atoms with Crippen LogP contribution in [0.5, 0.6) is 11.5 Å². The van der Waals surface area contributed by atoms with Crippen LogP contribution in [0.15, 0.2) is 77.4 Å². The number of nitrogens with zero attached hydrogens (tertiary/aromatic N) is 1. The monoisotopic (exact) mass is 529 g/mol. The van der Waals surface area contributed by atoms with Gasteiger partial charge in [-0.3, -0.25) is 0 Å². The number of halogens is 2. The molecule has 5 nitrogen and oxygen atoms in total. The molecule has 1 heterocycles. The summed E-state index contributed by atoms with van der Waals surface area (Å²) in [4.78, 5) is 16.7. The van der Waals surface area contributed by atoms with Crippen LogP contribution >= 0.6 is 22.6 Å². The van der Waals surface area contributed by atoms with Gasteiger partial charge in [0.25, 0.3) is 0 Å². The van der Waals surface area contributed by atoms with Crippen LogP contribution in [0.4, 0.5) is 4.39 Å². The number of methoxy groups -OCH3 is 1. The molecule has 156 valence electrons. The third kappa shape index (κ3) is 4.93. The first-order valence-electron chi connectivity index (χ1n) is 9.36. The van der Waals surface area contributed by atoms with Crippen molar-refractivity contribution in [1.29, 1.82) is 0 Å². The molecule has 0 amide bonds. The van der Waals surface area contributed by atoms with Crippen LogP contribution in [-0.2, 0) is 16.1 Å². The number of para-hydroxylation sites is 1. The fraction of sp³-hybridized carbons (Fsp3) is 0.0833. The van der Waals surface area contributed by atoms with E-state index < -0.39 is 5.97 Å². The molecule has 1 aliphatic rings. The lowest BCUT2D eigenvalue weighted by Crippen LogP contribution is -2.05. The number of cyclic esters (lactones) is 1. The molecular formula is C24H17FINO4. The van der Waals surface area contributed by atoms with E-state index in [9.17, 15) is 9.18 Å². The minimum atomic E-state index is -0.541. The van der Waals surface area contributed by atoms with Gasteiger partial charge in [-0.15, -0.1) is 0 Å². The average Bonchev–Trinajstić information content (AvgIpc) is 3.14. The molecule has 0 unspecified atom stereocenters. The summed E-state index contributed by atoms with van der Waals surface area (Å²) in [5.41, 5.74) is 2.29. The molecule has 0 saturated heterocycles. The van der Waals surface area contributed by atoms with E-state index in [0.29, 0.717) is 17.1 Å². The Balaban J connectivity index is 1.64. The number of carbonyl (C=O) groups excluding carboxylic acids is 1. The van der Waals surface area contributed by atoms with E-state index in [1.54, 1.807) is 36.4 Å². The summed E-state index contributed by atoms with van der Waals surface area (Å²) in [6.45, 7) is 0.207. The van der Waals surface area contributed by atoms with Crippen molar-refractivity contribution in [3.8, 4) is 11.5 Å². The lowest BCUT2D eigenvalue weighted by molar-refractivity contribution is -0.129. The molecule has 0 radical (unpaired) electrons. The van der Waals surface area contributed by atoms with E-state index >= 15 is 0 Å². The molecule has 3 aromatic carbocycles. The van der Waals surface area contributed by atoms with Gasteiger partial charge in [0, 0.05) is 14.7 Å². The Hall–Kier alpha value is -3.20. The first-order valence-corrected chi connectivity index (χ1v) is 10.4. The third-order valence-corrected chi connectivity index (χ3v) is 5.25. The normalized spacial score (nSPS) is 14.4. The number of hydrogen-bond acceptors (Lipinski definition) is 5. The van der Waals surface area contributed by atoms with Gasteiger partial charge in [-0.2, -0.15) is 0 Å². The number of rotatable bonds is 6. The number of ether oxygens (including phenoxy) is 3. The van der Waals surface area contributed by atoms with E-state index in [0.717, 1.165) is 14.7 Å². The minimum absolute atomic E-state index is 0.161. The summed E-state index contributed by atoms with van der Waals surface area (Å²) in [6.07, 6.45) is 1.60. The maximum atomic E-state index is 13.1. The molecule has 0 saturated carbocycles. The highest BCUT2D eigenvalue weighted by Crippen LogP contribution is 2.34. The van der Waals surface area contributed by atoms with Crippen molar-refractivity contribution in [2.24, 2.45) is 4.99 Å². The molecule has 0 fully saturated rings. The van der Waals surface area contributed by atoms with Gasteiger partial charge in [-0.1, -0.05) is 24.3 Å². The molecule has 7 heteroatoms. The highest BCUT2D eigenvalue weighted by Gasteiger charge is 2.25. The van der Waals surface area contributed by atoms with Crippen LogP contribution in [0.3, 0.4) is 0 Å². The van der Waals surface area contributed by atoms with Gasteiger partial charge in [0.2, 0.25) is 5.90 Å². The Bertz CT molecular complexity index is 1170. The van der Waals surface area contributed by atoms with Crippen LogP contribution in [0.25, 0.3) is 6.08 Å². The summed E-state index contributed by atoms with van der Waals surface area (Å²) in [6, 6.07) is 18.9. The second-order valence-electron chi connectivity index (χ2n) is 6.64. The van der Waals surface area contributed by atoms with Crippen LogP contribution in [0.1, 0.15) is 16.7 Å². The van der Waals surface area contributed by atoms with E-state index in [1.807, 2.05) is 24.3 Å². The van der Waals surface area contributed by atoms with E-state index in [4.69, 9.17) is 14.2 Å². The molecule has 0 spiro atoms. The maximum Gasteiger partial charge on any atom is 0.363 e. The van der Waals surface area contributed by atoms with Crippen molar-refractivity contribution < 1.29 is 23.4 Å². The maximum absolute atomic E-state index is 13.1. The molecule has 31 heavy (non-hydrogen) atoms. The van der Waals surface area contributed by atoms with Gasteiger partial charge in [0.15, 0.2) is 17.2 Å². The summed E-state index contributed by atoms with van der Waals surface area (Å²) in [5.74, 6) is 0.357. The topological polar surface area (TPSA) is 57.1 Å². The zero-order chi connectivity index (χ0) is 21.8. The highest BCUT2D eigenvalue weighted by atomic mass is 127. The van der Waals surface area contributed by atoms with Crippen LogP contribution in [-0.4, -0.2) is 19.0 Å². The Morgan fingerprint density at radius 3 is 2.52 bits per heavy atom. The van der Waals surface area contributed by atoms with E-state index in [-0.39, 0.29) is 24.0 Å². The SMILES string of the molecule is COc1cccc(/C=C2\N=C(c3ccc(I)cc3)OC2=O)c1OCc1ccc(F)cc1. The fourth-order valence-corrected chi connectivity index (χ4v) is 3.33. The van der Waals surface area contributed by atoms with Crippen LogP contribution in [0.2, 0.25) is 0 Å². The highest BCUT2D eigenvalue weighted by molar-refractivity contribution is 14.1. The molecule has 1 aliphatic heterocycles. The summed E-state index contributed by atoms with van der Waals surface area (Å²) in [7, 11) is 1.54. The standard InChI is InChI=1S/C24H17FINO4/c1-29-21-4-2-3-17(22(21)30-14-15-5-9-18(25)10-6-15)13-20-24(28)31-23(27-20)16-7-11-19(26)12-8-16/h2-13H,14H2,1H3/b20-13-. The first-order chi connectivity index (χ1) is 15.0. The Morgan fingerprint density at radius 1 is 1.06 bits per heavy atom. The van der Waals surface area contributed by atoms with Crippen molar-refractivity contribution >= 4 is 40.5 Å². The molecule has 0 aromatic heterocycles. The fourth-order valence-electron chi connectivity index (χ4n) is 2.97. The number of carbonyl (C=O) groups is 1. The smallest absolute Gasteiger partial charge is 0.363 e. The largest absolute Gasteiger partial charge is 0.493 e. The summed E-state index contributed by atoms with van der Waals surface area (Å²) >= 11 is 2.20. The van der Waals surface area contributed by atoms with Gasteiger partial charge < -0.3 is 14.2 Å². The Morgan fingerprint density at radius 2 is 1.81 bits per heavy atom. The molecule has 0 atom stereocenters. The lowest BCUT2D eigenvalue weighted by atomic mass is 10.1. The zero-order valence-corrected chi connectivity index (χ0v) is 18.6. The Labute approximate surface area is 192 Å². The second kappa shape index (κ2) is 9.30. The molecular weight excluding hydrogens is 512 g/mol. The molecule has 4 rings (SSSR count). The predicted octanol–water partition coefficient (Wildman–Crippen LogP) is 5.36. The molecule has 3 aromatic rings. The number of hydrogen-bond donors (Lipinski definition) is 0. The third-order valence-electron chi connectivity index (χ3n) is 4.53. The van der Waals surface area contributed by atoms with Crippen molar-refractivity contribution in [2.45, 2.75) is 6.61 Å². The van der Waals surface area contributed by atoms with Crippen molar-refractivity contribution in [3.63, 3.8) is 0 Å². The Kier molecular flexibility index (Phi) is 6.31. The van der Waals surface area contributed by atoms with Gasteiger partial charge in [0.1, 0.15) is 12.4 Å². The number of esters is 1. The van der Waals surface area contributed by atoms with Crippen LogP contribution in [0, 0.1) is 9.39 Å². The molecule has 0 N–H and O–H groups in total. The zero-order valence-electron chi connectivity index (χ0n) is 16.5. The second-order valence-corrected chi connectivity index (χ2v) is 7.88. The van der Waals surface area contributed by atoms with Gasteiger partial charge in [0.05, 0.1) is 7.11 Å². The van der Waals surface area contributed by atoms with Gasteiger partial charge >= 0.3 is 5.97 Å². The molecule has 0 aliphatic carbocycles. The minimum Gasteiger partial charge on any atom is -0.493 e. The van der Waals surface area contributed by atoms with Crippen molar-refractivity contribution in [2.75, 3.05) is 7.11 Å². The summed E-state index contributed by atoms with van der Waals surface area (Å²) in [5, 5.41) is 0. The molecule has 0 bridgehead atoms. The van der Waals surface area contributed by atoms with Crippen molar-refractivity contribution in [1.82, 2.24) is 0 Å². The van der Waals surface area contributed by atoms with Gasteiger partial charge in [-0.05, 0) is 76.7 Å².